The lowest BCUT2D eigenvalue weighted by molar-refractivity contribution is -0.145. The van der Waals surface area contributed by atoms with E-state index in [0.717, 1.165) is 22.3 Å². The van der Waals surface area contributed by atoms with Crippen molar-refractivity contribution in [2.75, 3.05) is 11.9 Å². The molecule has 9 heteroatoms. The van der Waals surface area contributed by atoms with Crippen LogP contribution in [0.4, 0.5) is 10.6 Å². The molecule has 3 aromatic rings. The number of aromatic nitrogens is 2. The first-order valence-electron chi connectivity index (χ1n) is 10.7. The first kappa shape index (κ1) is 20.7. The number of hydrogen-bond donors (Lipinski definition) is 4. The number of anilines is 1. The minimum atomic E-state index is -0.850. The lowest BCUT2D eigenvalue weighted by Crippen LogP contribution is -2.46. The van der Waals surface area contributed by atoms with Crippen LogP contribution in [0.3, 0.4) is 0 Å². The summed E-state index contributed by atoms with van der Waals surface area (Å²) in [6, 6.07) is 17.4. The molecule has 2 aliphatic carbocycles. The number of carbonyl (C=O) groups is 3. The summed E-state index contributed by atoms with van der Waals surface area (Å²) in [5.74, 6) is -1.56. The highest BCUT2D eigenvalue weighted by Gasteiger charge is 2.35. The number of aliphatic carboxylic acids is 1. The number of carboxylic acids is 1. The molecule has 1 aromatic heterocycles. The highest BCUT2D eigenvalue weighted by molar-refractivity contribution is 5.94. The van der Waals surface area contributed by atoms with E-state index in [9.17, 15) is 14.4 Å². The molecule has 0 bridgehead atoms. The summed E-state index contributed by atoms with van der Waals surface area (Å²) in [5.41, 5.74) is 4.69. The summed E-state index contributed by atoms with van der Waals surface area (Å²) in [6.45, 7) is 0.171. The molecule has 2 amide bonds. The number of rotatable bonds is 6. The molecule has 0 saturated heterocycles. The van der Waals surface area contributed by atoms with Crippen molar-refractivity contribution in [2.45, 2.75) is 24.8 Å². The topological polar surface area (TPSA) is 133 Å². The van der Waals surface area contributed by atoms with E-state index < -0.39 is 23.9 Å². The second-order valence-electron chi connectivity index (χ2n) is 8.29. The van der Waals surface area contributed by atoms with Crippen LogP contribution in [0.15, 0.2) is 54.6 Å². The molecule has 2 aromatic carbocycles. The van der Waals surface area contributed by atoms with Gasteiger partial charge < -0.3 is 15.2 Å². The molecule has 1 fully saturated rings. The minimum Gasteiger partial charge on any atom is -0.481 e. The highest BCUT2D eigenvalue weighted by Crippen LogP contribution is 2.44. The summed E-state index contributed by atoms with van der Waals surface area (Å²) in [4.78, 5) is 35.5. The average molecular weight is 446 g/mol. The van der Waals surface area contributed by atoms with Crippen LogP contribution in [0.1, 0.15) is 40.4 Å². The monoisotopic (exact) mass is 446 g/mol. The van der Waals surface area contributed by atoms with E-state index in [1.54, 1.807) is 0 Å². The van der Waals surface area contributed by atoms with Crippen molar-refractivity contribution < 1.29 is 24.2 Å². The number of ether oxygens (including phenoxy) is 1. The van der Waals surface area contributed by atoms with Gasteiger partial charge in [0, 0.05) is 18.0 Å². The van der Waals surface area contributed by atoms with Gasteiger partial charge in [0.15, 0.2) is 5.82 Å². The Morgan fingerprint density at radius 2 is 1.67 bits per heavy atom. The van der Waals surface area contributed by atoms with Gasteiger partial charge >= 0.3 is 12.1 Å². The lowest BCUT2D eigenvalue weighted by Gasteiger charge is -2.32. The maximum Gasteiger partial charge on any atom is 0.412 e. The maximum absolute atomic E-state index is 12.4. The van der Waals surface area contributed by atoms with Crippen molar-refractivity contribution in [3.8, 4) is 11.1 Å². The quantitative estimate of drug-likeness (QED) is 0.459. The Kier molecular flexibility index (Phi) is 5.29. The summed E-state index contributed by atoms with van der Waals surface area (Å²) >= 11 is 0. The van der Waals surface area contributed by atoms with Crippen molar-refractivity contribution in [1.82, 2.24) is 15.5 Å². The Labute approximate surface area is 189 Å². The average Bonchev–Trinajstić information content (AvgIpc) is 3.37. The zero-order valence-electron chi connectivity index (χ0n) is 17.6. The Bertz CT molecular complexity index is 1190. The molecule has 1 saturated carbocycles. The van der Waals surface area contributed by atoms with Crippen LogP contribution in [0.25, 0.3) is 11.1 Å². The molecule has 4 N–H and O–H groups in total. The largest absolute Gasteiger partial charge is 0.481 e. The standard InChI is InChI=1S/C24H22N4O5/c29-22(25-14-9-13(10-14)23(30)31)20-11-21(28-27-20)26-24(32)33-12-19-17-7-3-1-5-15(17)16-6-2-4-8-18(16)19/h1-8,11,13-14,19H,9-10,12H2,(H,25,29)(H,30,31)(H2,26,27,28,32). The third-order valence-corrected chi connectivity index (χ3v) is 6.22. The summed E-state index contributed by atoms with van der Waals surface area (Å²) < 4.78 is 5.48. The van der Waals surface area contributed by atoms with Crippen LogP contribution < -0.4 is 10.6 Å². The van der Waals surface area contributed by atoms with Gasteiger partial charge in [0.2, 0.25) is 0 Å². The van der Waals surface area contributed by atoms with Gasteiger partial charge in [-0.3, -0.25) is 20.0 Å². The first-order chi connectivity index (χ1) is 16.0. The Hall–Kier alpha value is -4.14. The van der Waals surface area contributed by atoms with E-state index in [0.29, 0.717) is 12.8 Å². The van der Waals surface area contributed by atoms with Crippen LogP contribution in [0.2, 0.25) is 0 Å². The highest BCUT2D eigenvalue weighted by atomic mass is 16.5. The second-order valence-corrected chi connectivity index (χ2v) is 8.29. The molecule has 5 rings (SSSR count). The molecule has 168 valence electrons. The van der Waals surface area contributed by atoms with Crippen LogP contribution in [-0.4, -0.2) is 45.9 Å². The molecule has 9 nitrogen and oxygen atoms in total. The number of nitrogens with zero attached hydrogens (tertiary/aromatic N) is 1. The van der Waals surface area contributed by atoms with Crippen LogP contribution in [-0.2, 0) is 9.53 Å². The van der Waals surface area contributed by atoms with Crippen LogP contribution in [0, 0.1) is 5.92 Å². The van der Waals surface area contributed by atoms with Crippen molar-refractivity contribution in [1.29, 1.82) is 0 Å². The van der Waals surface area contributed by atoms with Crippen molar-refractivity contribution in [3.63, 3.8) is 0 Å². The number of amides is 2. The van der Waals surface area contributed by atoms with Crippen LogP contribution >= 0.6 is 0 Å². The van der Waals surface area contributed by atoms with Gasteiger partial charge in [0.05, 0.1) is 5.92 Å². The SMILES string of the molecule is O=C(Nc1cc(C(=O)NC2CC(C(=O)O)C2)[nH]n1)OCC1c2ccccc2-c2ccccc21. The minimum absolute atomic E-state index is 0.0548. The summed E-state index contributed by atoms with van der Waals surface area (Å²) in [5, 5.41) is 20.7. The number of carboxylic acid groups (broad SMARTS) is 1. The Morgan fingerprint density at radius 3 is 2.30 bits per heavy atom. The molecule has 33 heavy (non-hydrogen) atoms. The summed E-state index contributed by atoms with van der Waals surface area (Å²) in [6.07, 6.45) is 0.138. The van der Waals surface area contributed by atoms with Gasteiger partial charge in [0.25, 0.3) is 5.91 Å². The molecule has 0 spiro atoms. The zero-order valence-corrected chi connectivity index (χ0v) is 17.6. The first-order valence-corrected chi connectivity index (χ1v) is 10.7. The second kappa shape index (κ2) is 8.42. The van der Waals surface area contributed by atoms with Crippen molar-refractivity contribution in [2.24, 2.45) is 5.92 Å². The molecule has 0 radical (unpaired) electrons. The lowest BCUT2D eigenvalue weighted by atomic mass is 9.80. The van der Waals surface area contributed by atoms with Gasteiger partial charge in [-0.25, -0.2) is 4.79 Å². The molecule has 0 atom stereocenters. The van der Waals surface area contributed by atoms with E-state index in [-0.39, 0.29) is 30.1 Å². The van der Waals surface area contributed by atoms with Crippen molar-refractivity contribution >= 4 is 23.8 Å². The molecular weight excluding hydrogens is 424 g/mol. The van der Waals surface area contributed by atoms with E-state index >= 15 is 0 Å². The number of aromatic amines is 1. The third kappa shape index (κ3) is 4.05. The molecular formula is C24H22N4O5. The molecule has 1 heterocycles. The van der Waals surface area contributed by atoms with Gasteiger partial charge in [-0.1, -0.05) is 48.5 Å². The predicted molar refractivity (Wildman–Crippen MR) is 119 cm³/mol. The van der Waals surface area contributed by atoms with Crippen molar-refractivity contribution in [3.05, 3.63) is 71.4 Å². The number of carbonyl (C=O) groups excluding carboxylic acids is 2. The maximum atomic E-state index is 12.4. The van der Waals surface area contributed by atoms with Gasteiger partial charge in [-0.15, -0.1) is 0 Å². The predicted octanol–water partition coefficient (Wildman–Crippen LogP) is 3.36. The fourth-order valence-electron chi connectivity index (χ4n) is 4.44. The Morgan fingerprint density at radius 1 is 1.03 bits per heavy atom. The number of H-pyrrole nitrogens is 1. The van der Waals surface area contributed by atoms with E-state index in [4.69, 9.17) is 9.84 Å². The third-order valence-electron chi connectivity index (χ3n) is 6.22. The van der Waals surface area contributed by atoms with E-state index in [1.807, 2.05) is 36.4 Å². The van der Waals surface area contributed by atoms with Gasteiger partial charge in [-0.05, 0) is 35.1 Å². The fourth-order valence-corrected chi connectivity index (χ4v) is 4.44. The number of benzene rings is 2. The number of fused-ring (bicyclic) bond motifs is 3. The van der Waals surface area contributed by atoms with Crippen LogP contribution in [0.5, 0.6) is 0 Å². The normalized spacial score (nSPS) is 18.5. The van der Waals surface area contributed by atoms with E-state index in [1.165, 1.54) is 6.07 Å². The zero-order chi connectivity index (χ0) is 22.9. The molecule has 2 aliphatic rings. The molecule has 0 aliphatic heterocycles. The smallest absolute Gasteiger partial charge is 0.412 e. The molecule has 0 unspecified atom stereocenters. The van der Waals surface area contributed by atoms with Gasteiger partial charge in [0.1, 0.15) is 12.3 Å². The van der Waals surface area contributed by atoms with Gasteiger partial charge in [-0.2, -0.15) is 5.10 Å². The summed E-state index contributed by atoms with van der Waals surface area (Å²) in [7, 11) is 0. The fraction of sp³-hybridized carbons (Fsp3) is 0.250. The Balaban J connectivity index is 1.16. The number of hydrogen-bond acceptors (Lipinski definition) is 5. The number of nitrogens with one attached hydrogen (secondary N) is 3. The van der Waals surface area contributed by atoms with E-state index in [2.05, 4.69) is 33.0 Å².